The van der Waals surface area contributed by atoms with E-state index in [9.17, 15) is 4.39 Å². The van der Waals surface area contributed by atoms with Crippen LogP contribution >= 0.6 is 0 Å². The largest absolute Gasteiger partial charge is 0.326 e. The zero-order chi connectivity index (χ0) is 11.8. The first-order chi connectivity index (χ1) is 7.47. The number of nitrogens with two attached hydrogens (primary N) is 1. The first-order valence-electron chi connectivity index (χ1n) is 6.03. The molecule has 1 aliphatic rings. The smallest absolute Gasteiger partial charge is 0.126 e. The summed E-state index contributed by atoms with van der Waals surface area (Å²) in [6, 6.07) is 5.44. The van der Waals surface area contributed by atoms with Crippen molar-refractivity contribution in [3.05, 3.63) is 35.1 Å². The molecule has 2 rings (SSSR count). The highest BCUT2D eigenvalue weighted by Gasteiger charge is 2.26. The molecule has 0 aliphatic heterocycles. The lowest BCUT2D eigenvalue weighted by Crippen LogP contribution is -2.34. The number of hydrogen-bond acceptors (Lipinski definition) is 1. The zero-order valence-electron chi connectivity index (χ0n) is 10.1. The van der Waals surface area contributed by atoms with Gasteiger partial charge in [0, 0.05) is 5.54 Å². The lowest BCUT2D eigenvalue weighted by molar-refractivity contribution is 0.389. The van der Waals surface area contributed by atoms with E-state index in [1.165, 1.54) is 5.56 Å². The van der Waals surface area contributed by atoms with Crippen molar-refractivity contribution in [3.8, 4) is 0 Å². The van der Waals surface area contributed by atoms with Crippen molar-refractivity contribution in [1.29, 1.82) is 0 Å². The normalized spacial score (nSPS) is 20.6. The predicted octanol–water partition coefficient (Wildman–Crippen LogP) is 3.37. The van der Waals surface area contributed by atoms with E-state index in [0.717, 1.165) is 31.2 Å². The Balaban J connectivity index is 2.30. The number of halogens is 1. The van der Waals surface area contributed by atoms with Crippen molar-refractivity contribution < 1.29 is 4.39 Å². The van der Waals surface area contributed by atoms with E-state index in [0.29, 0.717) is 5.92 Å². The van der Waals surface area contributed by atoms with Crippen molar-refractivity contribution in [2.24, 2.45) is 5.73 Å². The van der Waals surface area contributed by atoms with Crippen LogP contribution in [0.25, 0.3) is 0 Å². The molecule has 1 aliphatic carbocycles. The van der Waals surface area contributed by atoms with Crippen LogP contribution in [-0.4, -0.2) is 5.54 Å². The Hall–Kier alpha value is -0.890. The highest BCUT2D eigenvalue weighted by atomic mass is 19.1. The summed E-state index contributed by atoms with van der Waals surface area (Å²) < 4.78 is 13.6. The molecule has 0 saturated heterocycles. The molecule has 0 radical (unpaired) electrons. The molecule has 1 aromatic rings. The van der Waals surface area contributed by atoms with Gasteiger partial charge in [0.2, 0.25) is 0 Å². The molecule has 0 fully saturated rings. The number of hydrogen-bond donors (Lipinski definition) is 1. The number of benzene rings is 1. The van der Waals surface area contributed by atoms with Crippen LogP contribution in [0.2, 0.25) is 0 Å². The summed E-state index contributed by atoms with van der Waals surface area (Å²) in [5.41, 5.74) is 8.00. The fraction of sp³-hybridized carbons (Fsp3) is 0.571. The maximum atomic E-state index is 13.6. The van der Waals surface area contributed by atoms with Crippen LogP contribution < -0.4 is 5.73 Å². The summed E-state index contributed by atoms with van der Waals surface area (Å²) in [6.07, 6.45) is 4.03. The summed E-state index contributed by atoms with van der Waals surface area (Å²) in [5.74, 6) is 0.386. The van der Waals surface area contributed by atoms with Crippen LogP contribution in [-0.2, 0) is 6.42 Å². The summed E-state index contributed by atoms with van der Waals surface area (Å²) in [5, 5.41) is 0. The first-order valence-corrected chi connectivity index (χ1v) is 6.03. The molecule has 2 heteroatoms. The van der Waals surface area contributed by atoms with Crippen LogP contribution in [0, 0.1) is 5.82 Å². The number of fused-ring (bicyclic) bond motifs is 1. The quantitative estimate of drug-likeness (QED) is 0.814. The molecule has 0 heterocycles. The molecule has 1 nitrogen and oxygen atoms in total. The van der Waals surface area contributed by atoms with Crippen molar-refractivity contribution in [2.45, 2.75) is 51.0 Å². The third kappa shape index (κ3) is 2.43. The first kappa shape index (κ1) is 11.6. The Morgan fingerprint density at radius 1 is 1.44 bits per heavy atom. The fourth-order valence-electron chi connectivity index (χ4n) is 2.75. The molecule has 0 aromatic heterocycles. The maximum Gasteiger partial charge on any atom is 0.126 e. The molecular formula is C14H20FN. The van der Waals surface area contributed by atoms with Crippen LogP contribution in [0.4, 0.5) is 4.39 Å². The lowest BCUT2D eigenvalue weighted by atomic mass is 9.77. The molecule has 0 bridgehead atoms. The second-order valence-electron chi connectivity index (χ2n) is 5.59. The van der Waals surface area contributed by atoms with Gasteiger partial charge in [-0.25, -0.2) is 4.39 Å². The Bertz CT molecular complexity index is 379. The molecule has 16 heavy (non-hydrogen) atoms. The predicted molar refractivity (Wildman–Crippen MR) is 65.0 cm³/mol. The fourth-order valence-corrected chi connectivity index (χ4v) is 2.75. The molecule has 0 amide bonds. The Morgan fingerprint density at radius 2 is 2.19 bits per heavy atom. The van der Waals surface area contributed by atoms with Gasteiger partial charge in [0.25, 0.3) is 0 Å². The van der Waals surface area contributed by atoms with E-state index < -0.39 is 0 Å². The molecular weight excluding hydrogens is 201 g/mol. The molecule has 1 unspecified atom stereocenters. The van der Waals surface area contributed by atoms with E-state index >= 15 is 0 Å². The van der Waals surface area contributed by atoms with E-state index in [4.69, 9.17) is 5.73 Å². The SMILES string of the molecule is CC(C)(N)CC1CCCc2c(F)cccc21. The minimum absolute atomic E-state index is 0.0444. The average Bonchev–Trinajstić information content (AvgIpc) is 2.17. The molecule has 88 valence electrons. The summed E-state index contributed by atoms with van der Waals surface area (Å²) in [4.78, 5) is 0. The van der Waals surface area contributed by atoms with E-state index in [-0.39, 0.29) is 11.4 Å². The Labute approximate surface area is 96.9 Å². The maximum absolute atomic E-state index is 13.6. The molecule has 0 saturated carbocycles. The van der Waals surface area contributed by atoms with Gasteiger partial charge < -0.3 is 5.73 Å². The van der Waals surface area contributed by atoms with Gasteiger partial charge in [-0.05, 0) is 62.6 Å². The topological polar surface area (TPSA) is 26.0 Å². The second kappa shape index (κ2) is 4.17. The third-order valence-electron chi connectivity index (χ3n) is 3.35. The highest BCUT2D eigenvalue weighted by molar-refractivity contribution is 5.34. The average molecular weight is 221 g/mol. The van der Waals surface area contributed by atoms with Gasteiger partial charge in [0.15, 0.2) is 0 Å². The molecule has 1 aromatic carbocycles. The van der Waals surface area contributed by atoms with Crippen LogP contribution in [0.15, 0.2) is 18.2 Å². The minimum Gasteiger partial charge on any atom is -0.326 e. The van der Waals surface area contributed by atoms with Crippen molar-refractivity contribution >= 4 is 0 Å². The van der Waals surface area contributed by atoms with Gasteiger partial charge in [-0.3, -0.25) is 0 Å². The van der Waals surface area contributed by atoms with Gasteiger partial charge in [-0.15, -0.1) is 0 Å². The van der Waals surface area contributed by atoms with Crippen LogP contribution in [0.5, 0.6) is 0 Å². The standard InChI is InChI=1S/C14H20FN/c1-14(2,16)9-10-5-3-7-12-11(10)6-4-8-13(12)15/h4,6,8,10H,3,5,7,9,16H2,1-2H3. The zero-order valence-corrected chi connectivity index (χ0v) is 10.1. The summed E-state index contributed by atoms with van der Waals surface area (Å²) >= 11 is 0. The van der Waals surface area contributed by atoms with Crippen molar-refractivity contribution in [3.63, 3.8) is 0 Å². The number of rotatable bonds is 2. The molecule has 2 N–H and O–H groups in total. The Kier molecular flexibility index (Phi) is 3.02. The van der Waals surface area contributed by atoms with Crippen molar-refractivity contribution in [2.75, 3.05) is 0 Å². The van der Waals surface area contributed by atoms with Gasteiger partial charge in [-0.2, -0.15) is 0 Å². The highest BCUT2D eigenvalue weighted by Crippen LogP contribution is 2.37. The van der Waals surface area contributed by atoms with E-state index in [1.54, 1.807) is 6.07 Å². The van der Waals surface area contributed by atoms with Crippen LogP contribution in [0.1, 0.15) is 50.2 Å². The van der Waals surface area contributed by atoms with E-state index in [2.05, 4.69) is 6.07 Å². The van der Waals surface area contributed by atoms with Gasteiger partial charge in [-0.1, -0.05) is 12.1 Å². The summed E-state index contributed by atoms with van der Waals surface area (Å²) in [7, 11) is 0. The van der Waals surface area contributed by atoms with Gasteiger partial charge in [0.05, 0.1) is 0 Å². The van der Waals surface area contributed by atoms with E-state index in [1.807, 2.05) is 19.9 Å². The van der Waals surface area contributed by atoms with Gasteiger partial charge >= 0.3 is 0 Å². The monoisotopic (exact) mass is 221 g/mol. The minimum atomic E-state index is -0.175. The Morgan fingerprint density at radius 3 is 2.88 bits per heavy atom. The van der Waals surface area contributed by atoms with Crippen molar-refractivity contribution in [1.82, 2.24) is 0 Å². The summed E-state index contributed by atoms with van der Waals surface area (Å²) in [6.45, 7) is 4.08. The molecule has 1 atom stereocenters. The lowest BCUT2D eigenvalue weighted by Gasteiger charge is -2.31. The molecule has 0 spiro atoms. The van der Waals surface area contributed by atoms with Crippen LogP contribution in [0.3, 0.4) is 0 Å². The third-order valence-corrected chi connectivity index (χ3v) is 3.35. The second-order valence-corrected chi connectivity index (χ2v) is 5.59. The van der Waals surface area contributed by atoms with Gasteiger partial charge in [0.1, 0.15) is 5.82 Å².